The number of benzene rings is 13. The van der Waals surface area contributed by atoms with E-state index in [1.165, 1.54) is 114 Å². The standard InChI is InChI=1S/C21H18F2O.2C21H20O.C15H14F2O.C15H16O.13C2H6/c1-15-3-7-17(8-4-15)18-9-13-20(14-10-18)24-21(22,23)19-11-5-16(2)6-12-19;1-16-3-9-19(10-4-16)20-11-7-18(8-12-20)15-22-21-13-5-17(2)6-14-21;1-16-3-7-18(8-4-16)15-22-21-13-11-20(12-14-21)19-9-5-17(2)6-10-19;1-11-3-7-13(8-4-11)15(16,17)18-14-9-5-12(2)6-10-14;1-12-3-7-14(8-4-12)11-16-15-9-5-13(2)6-10-15;13*1-2/h3-14H,1-2H3;2*3-14H,15H2,1-2H3;3-10H,1-2H3;3-10H,11H2,1-2H3;13*1-2H3. The smallest absolute Gasteiger partial charge is 0.426 e. The molecule has 0 atom stereocenters. The van der Waals surface area contributed by atoms with Gasteiger partial charge in [0.15, 0.2) is 0 Å². The number of hydrogen-bond acceptors (Lipinski definition) is 5. The van der Waals surface area contributed by atoms with E-state index >= 15 is 0 Å². The van der Waals surface area contributed by atoms with Crippen molar-refractivity contribution in [1.82, 2.24) is 0 Å². The van der Waals surface area contributed by atoms with Crippen LogP contribution in [0.25, 0.3) is 33.4 Å². The van der Waals surface area contributed by atoms with Crippen molar-refractivity contribution in [2.24, 2.45) is 0 Å². The van der Waals surface area contributed by atoms with Crippen LogP contribution in [0, 0.1) is 69.2 Å². The van der Waals surface area contributed by atoms with Crippen LogP contribution in [0.15, 0.2) is 315 Å². The number of halogens is 4. The summed E-state index contributed by atoms with van der Waals surface area (Å²) in [7, 11) is 0. The minimum atomic E-state index is -3.36. The molecule has 0 spiro atoms. The Bertz CT molecular complexity index is 4420. The lowest BCUT2D eigenvalue weighted by molar-refractivity contribution is -0.186. The Morgan fingerprint density at radius 1 is 0.156 bits per heavy atom. The number of ether oxygens (including phenoxy) is 5. The Morgan fingerprint density at radius 3 is 0.461 bits per heavy atom. The minimum absolute atomic E-state index is 0.136. The first-order valence-electron chi connectivity index (χ1n) is 47.0. The van der Waals surface area contributed by atoms with Gasteiger partial charge in [0, 0.05) is 0 Å². The van der Waals surface area contributed by atoms with E-state index in [-0.39, 0.29) is 22.6 Å². The second kappa shape index (κ2) is 79.0. The van der Waals surface area contributed by atoms with Gasteiger partial charge in [-0.2, -0.15) is 17.6 Å². The molecule has 13 aromatic rings. The average molecular weight is 1750 g/mol. The lowest BCUT2D eigenvalue weighted by atomic mass is 10.0. The van der Waals surface area contributed by atoms with E-state index in [4.69, 9.17) is 23.7 Å². The summed E-state index contributed by atoms with van der Waals surface area (Å²) < 4.78 is 83.1. The van der Waals surface area contributed by atoms with E-state index in [2.05, 4.69) is 199 Å². The molecular formula is C119H166F4O5. The van der Waals surface area contributed by atoms with Crippen LogP contribution in [0.5, 0.6) is 28.7 Å². The lowest BCUT2D eigenvalue weighted by Gasteiger charge is -2.18. The van der Waals surface area contributed by atoms with Crippen molar-refractivity contribution in [3.63, 3.8) is 0 Å². The van der Waals surface area contributed by atoms with Gasteiger partial charge in [-0.05, 0) is 204 Å². The molecule has 128 heavy (non-hydrogen) atoms. The molecule has 0 saturated heterocycles. The largest absolute Gasteiger partial charge is 0.489 e. The SMILES string of the molecule is CC.CC.CC.CC.CC.CC.CC.CC.CC.CC.CC.CC.CC.Cc1ccc(-c2ccc(OC(F)(F)c3ccc(C)cc3)cc2)cc1.Cc1ccc(COc2ccc(-c3ccc(C)cc3)cc2)cc1.Cc1ccc(COc2ccc(C)cc2)cc1.Cc1ccc(OC(F)(F)c2ccc(C)cc2)cc1.Cc1ccc(OCc2ccc(-c3ccc(C)cc3)cc2)cc1. The summed E-state index contributed by atoms with van der Waals surface area (Å²) in [6, 6.07) is 101. The summed E-state index contributed by atoms with van der Waals surface area (Å²) >= 11 is 0. The van der Waals surface area contributed by atoms with Crippen LogP contribution in [0.4, 0.5) is 17.6 Å². The van der Waals surface area contributed by atoms with E-state index in [0.29, 0.717) is 19.8 Å². The highest BCUT2D eigenvalue weighted by Gasteiger charge is 2.35. The highest BCUT2D eigenvalue weighted by molar-refractivity contribution is 5.66. The van der Waals surface area contributed by atoms with E-state index in [1.807, 2.05) is 268 Å². The second-order valence-corrected chi connectivity index (χ2v) is 25.6. The molecular weight excluding hydrogens is 1590 g/mol. The zero-order valence-electron chi connectivity index (χ0n) is 85.7. The lowest BCUT2D eigenvalue weighted by Crippen LogP contribution is -2.21. The Kier molecular flexibility index (Phi) is 77.2. The first-order valence-corrected chi connectivity index (χ1v) is 47.0. The van der Waals surface area contributed by atoms with E-state index in [1.54, 1.807) is 60.7 Å². The Hall–Kier alpha value is -11.4. The van der Waals surface area contributed by atoms with Crippen LogP contribution in [-0.4, -0.2) is 0 Å². The molecule has 0 amide bonds. The molecule has 13 aromatic carbocycles. The van der Waals surface area contributed by atoms with Crippen LogP contribution < -0.4 is 23.7 Å². The van der Waals surface area contributed by atoms with E-state index < -0.39 is 12.2 Å². The minimum Gasteiger partial charge on any atom is -0.489 e. The molecule has 13 rings (SSSR count). The van der Waals surface area contributed by atoms with Crippen LogP contribution in [0.3, 0.4) is 0 Å². The Labute approximate surface area is 778 Å². The summed E-state index contributed by atoms with van der Waals surface area (Å²) in [5, 5.41) is 0. The van der Waals surface area contributed by atoms with Crippen molar-refractivity contribution in [2.45, 2.75) is 281 Å². The Balaban J connectivity index is -0.000000464. The van der Waals surface area contributed by atoms with Crippen LogP contribution in [0.2, 0.25) is 0 Å². The van der Waals surface area contributed by atoms with Gasteiger partial charge in [0.1, 0.15) is 48.6 Å². The van der Waals surface area contributed by atoms with Crippen LogP contribution in [-0.2, 0) is 32.0 Å². The second-order valence-electron chi connectivity index (χ2n) is 25.6. The third-order valence-corrected chi connectivity index (χ3v) is 16.6. The van der Waals surface area contributed by atoms with Crippen molar-refractivity contribution in [1.29, 1.82) is 0 Å². The molecule has 0 bridgehead atoms. The highest BCUT2D eigenvalue weighted by Crippen LogP contribution is 2.35. The van der Waals surface area contributed by atoms with Crippen LogP contribution in [0.1, 0.15) is 263 Å². The van der Waals surface area contributed by atoms with Gasteiger partial charge < -0.3 is 23.7 Å². The van der Waals surface area contributed by atoms with Crippen molar-refractivity contribution in [2.75, 3.05) is 0 Å². The third kappa shape index (κ3) is 52.6. The number of rotatable bonds is 18. The quantitative estimate of drug-likeness (QED) is 0.0801. The zero-order chi connectivity index (χ0) is 98.4. The highest BCUT2D eigenvalue weighted by atomic mass is 19.3. The number of alkyl halides is 4. The first-order chi connectivity index (χ1) is 62.1. The Morgan fingerprint density at radius 2 is 0.273 bits per heavy atom. The maximum absolute atomic E-state index is 14.2. The summed E-state index contributed by atoms with van der Waals surface area (Å²) in [4.78, 5) is 0. The molecule has 0 N–H and O–H groups in total. The van der Waals surface area contributed by atoms with Crippen molar-refractivity contribution in [3.8, 4) is 62.1 Å². The van der Waals surface area contributed by atoms with Crippen molar-refractivity contribution >= 4 is 0 Å². The first kappa shape index (κ1) is 125. The molecule has 0 unspecified atom stereocenters. The fraction of sp³-hybridized carbons (Fsp3) is 0.345. The molecule has 0 aliphatic heterocycles. The third-order valence-electron chi connectivity index (χ3n) is 16.6. The summed E-state index contributed by atoms with van der Waals surface area (Å²) in [5.41, 5.74) is 21.8. The molecule has 0 heterocycles. The molecule has 700 valence electrons. The molecule has 0 aliphatic carbocycles. The van der Waals surface area contributed by atoms with Gasteiger partial charge in [-0.25, -0.2) is 0 Å². The predicted octanol–water partition coefficient (Wildman–Crippen LogP) is 38.9. The van der Waals surface area contributed by atoms with Gasteiger partial charge in [-0.15, -0.1) is 0 Å². The summed E-state index contributed by atoms with van der Waals surface area (Å²) in [6.45, 7) is 74.0. The summed E-state index contributed by atoms with van der Waals surface area (Å²) in [5.74, 6) is 3.03. The van der Waals surface area contributed by atoms with Gasteiger partial charge in [0.25, 0.3) is 0 Å². The maximum Gasteiger partial charge on any atom is 0.426 e. The predicted molar refractivity (Wildman–Crippen MR) is 558 cm³/mol. The molecule has 0 fully saturated rings. The van der Waals surface area contributed by atoms with E-state index in [9.17, 15) is 17.6 Å². The maximum atomic E-state index is 14.2. The van der Waals surface area contributed by atoms with Gasteiger partial charge in [0.05, 0.1) is 11.1 Å². The normalized spacial score (nSPS) is 9.19. The summed E-state index contributed by atoms with van der Waals surface area (Å²) in [6.07, 6.45) is -6.68. The van der Waals surface area contributed by atoms with Crippen molar-refractivity contribution < 1.29 is 41.2 Å². The van der Waals surface area contributed by atoms with Gasteiger partial charge in [0.2, 0.25) is 0 Å². The number of aryl methyl sites for hydroxylation is 10. The molecule has 9 heteroatoms. The molecule has 0 aromatic heterocycles. The zero-order valence-corrected chi connectivity index (χ0v) is 85.7. The van der Waals surface area contributed by atoms with Crippen LogP contribution >= 0.6 is 0 Å². The molecule has 0 saturated carbocycles. The average Bonchev–Trinajstić information content (AvgIpc) is 0.830. The fourth-order valence-electron chi connectivity index (χ4n) is 10.1. The number of hydrogen-bond donors (Lipinski definition) is 0. The van der Waals surface area contributed by atoms with Gasteiger partial charge in [-0.1, -0.05) is 466 Å². The van der Waals surface area contributed by atoms with Gasteiger partial charge in [-0.3, -0.25) is 0 Å². The van der Waals surface area contributed by atoms with Gasteiger partial charge >= 0.3 is 12.2 Å². The molecule has 5 nitrogen and oxygen atoms in total. The molecule has 0 radical (unpaired) electrons. The topological polar surface area (TPSA) is 46.2 Å². The fourth-order valence-corrected chi connectivity index (χ4v) is 10.1. The molecule has 0 aliphatic rings. The monoisotopic (exact) mass is 1750 g/mol. The van der Waals surface area contributed by atoms with E-state index in [0.717, 1.165) is 45.1 Å². The van der Waals surface area contributed by atoms with Crippen molar-refractivity contribution in [3.05, 3.63) is 399 Å².